The van der Waals surface area contributed by atoms with Crippen molar-refractivity contribution in [3.8, 4) is 10.8 Å². The Kier molecular flexibility index (Phi) is 2.05. The monoisotopic (exact) mass is 251 g/mol. The first-order chi connectivity index (χ1) is 7.74. The second-order valence-electron chi connectivity index (χ2n) is 3.10. The SMILES string of the molecule is O=C(O)c1coc(-c2cc3sccc3s2)n1. The Balaban J connectivity index is 2.08. The van der Waals surface area contributed by atoms with E-state index in [0.717, 1.165) is 20.5 Å². The van der Waals surface area contributed by atoms with E-state index in [1.54, 1.807) is 22.7 Å². The van der Waals surface area contributed by atoms with Crippen molar-refractivity contribution in [3.05, 3.63) is 29.5 Å². The zero-order valence-electron chi connectivity index (χ0n) is 7.84. The molecule has 1 N–H and O–H groups in total. The molecule has 4 nitrogen and oxygen atoms in total. The van der Waals surface area contributed by atoms with Gasteiger partial charge in [-0.2, -0.15) is 0 Å². The molecular weight excluding hydrogens is 246 g/mol. The topological polar surface area (TPSA) is 63.3 Å². The number of aromatic carboxylic acids is 1. The van der Waals surface area contributed by atoms with Gasteiger partial charge in [-0.05, 0) is 17.5 Å². The number of hydrogen-bond donors (Lipinski definition) is 1. The molecule has 3 rings (SSSR count). The molecular formula is C10H5NO3S2. The smallest absolute Gasteiger partial charge is 0.357 e. The molecule has 16 heavy (non-hydrogen) atoms. The standard InChI is InChI=1S/C10H5NO3S2/c12-10(13)5-4-14-9(11-5)8-3-7-6(16-8)1-2-15-7/h1-4H,(H,12,13). The number of rotatable bonds is 2. The summed E-state index contributed by atoms with van der Waals surface area (Å²) in [5.74, 6) is -0.709. The lowest BCUT2D eigenvalue weighted by molar-refractivity contribution is 0.0690. The van der Waals surface area contributed by atoms with Crippen LogP contribution in [0.15, 0.2) is 28.2 Å². The van der Waals surface area contributed by atoms with Gasteiger partial charge >= 0.3 is 5.97 Å². The van der Waals surface area contributed by atoms with Gasteiger partial charge < -0.3 is 9.52 Å². The maximum absolute atomic E-state index is 10.7. The minimum Gasteiger partial charge on any atom is -0.476 e. The third-order valence-electron chi connectivity index (χ3n) is 2.07. The second kappa shape index (κ2) is 3.43. The third kappa shape index (κ3) is 1.43. The molecule has 3 aromatic heterocycles. The van der Waals surface area contributed by atoms with Gasteiger partial charge in [0, 0.05) is 9.40 Å². The van der Waals surface area contributed by atoms with Crippen LogP contribution in [0.2, 0.25) is 0 Å². The molecule has 0 aliphatic carbocycles. The predicted octanol–water partition coefficient (Wildman–Crippen LogP) is 3.32. The molecule has 0 spiro atoms. The molecule has 3 aromatic rings. The fourth-order valence-corrected chi connectivity index (χ4v) is 3.40. The summed E-state index contributed by atoms with van der Waals surface area (Å²) in [5, 5.41) is 10.7. The van der Waals surface area contributed by atoms with E-state index in [0.29, 0.717) is 5.89 Å². The van der Waals surface area contributed by atoms with Crippen molar-refractivity contribution in [3.63, 3.8) is 0 Å². The summed E-state index contributed by atoms with van der Waals surface area (Å²) in [6.07, 6.45) is 1.16. The van der Waals surface area contributed by atoms with Gasteiger partial charge in [0.05, 0.1) is 4.88 Å². The Morgan fingerprint density at radius 2 is 2.31 bits per heavy atom. The fraction of sp³-hybridized carbons (Fsp3) is 0. The van der Waals surface area contributed by atoms with E-state index in [-0.39, 0.29) is 5.69 Å². The summed E-state index contributed by atoms with van der Waals surface area (Å²) < 4.78 is 7.46. The van der Waals surface area contributed by atoms with Crippen molar-refractivity contribution >= 4 is 38.0 Å². The number of fused-ring (bicyclic) bond motifs is 1. The maximum atomic E-state index is 10.7. The van der Waals surface area contributed by atoms with Gasteiger partial charge in [0.2, 0.25) is 5.89 Å². The van der Waals surface area contributed by atoms with Crippen molar-refractivity contribution in [2.45, 2.75) is 0 Å². The number of hydrogen-bond acceptors (Lipinski definition) is 5. The van der Waals surface area contributed by atoms with Crippen LogP contribution < -0.4 is 0 Å². The van der Waals surface area contributed by atoms with Crippen LogP contribution >= 0.6 is 22.7 Å². The molecule has 80 valence electrons. The fourth-order valence-electron chi connectivity index (χ4n) is 1.36. The molecule has 0 amide bonds. The molecule has 0 bridgehead atoms. The van der Waals surface area contributed by atoms with Crippen LogP contribution in [0, 0.1) is 0 Å². The van der Waals surface area contributed by atoms with Crippen LogP contribution in [-0.4, -0.2) is 16.1 Å². The lowest BCUT2D eigenvalue weighted by Gasteiger charge is -1.84. The van der Waals surface area contributed by atoms with E-state index in [4.69, 9.17) is 9.52 Å². The third-order valence-corrected chi connectivity index (χ3v) is 4.15. The number of aromatic nitrogens is 1. The Morgan fingerprint density at radius 3 is 3.00 bits per heavy atom. The van der Waals surface area contributed by atoms with Gasteiger partial charge in [-0.15, -0.1) is 22.7 Å². The van der Waals surface area contributed by atoms with Crippen molar-refractivity contribution < 1.29 is 14.3 Å². The Morgan fingerprint density at radius 1 is 1.44 bits per heavy atom. The average molecular weight is 251 g/mol. The van der Waals surface area contributed by atoms with Crippen LogP contribution in [0.1, 0.15) is 10.5 Å². The molecule has 0 saturated carbocycles. The van der Waals surface area contributed by atoms with E-state index in [9.17, 15) is 4.79 Å². The summed E-state index contributed by atoms with van der Waals surface area (Å²) >= 11 is 3.18. The highest BCUT2D eigenvalue weighted by Gasteiger charge is 2.14. The van der Waals surface area contributed by atoms with E-state index in [1.165, 1.54) is 0 Å². The van der Waals surface area contributed by atoms with Gasteiger partial charge in [-0.3, -0.25) is 0 Å². The van der Waals surface area contributed by atoms with Crippen LogP contribution in [0.3, 0.4) is 0 Å². The number of carbonyl (C=O) groups is 1. The molecule has 0 aromatic carbocycles. The molecule has 0 atom stereocenters. The molecule has 0 saturated heterocycles. The normalized spacial score (nSPS) is 11.0. The highest BCUT2D eigenvalue weighted by Crippen LogP contribution is 2.35. The Hall–Kier alpha value is -1.66. The van der Waals surface area contributed by atoms with E-state index in [2.05, 4.69) is 4.98 Å². The van der Waals surface area contributed by atoms with Crippen LogP contribution in [-0.2, 0) is 0 Å². The number of carboxylic acid groups (broad SMARTS) is 1. The first kappa shape index (κ1) is 9.56. The second-order valence-corrected chi connectivity index (χ2v) is 5.13. The van der Waals surface area contributed by atoms with E-state index >= 15 is 0 Å². The predicted molar refractivity (Wildman–Crippen MR) is 62.2 cm³/mol. The number of oxazole rings is 1. The minimum atomic E-state index is -1.08. The molecule has 3 heterocycles. The molecule has 0 aliphatic heterocycles. The minimum absolute atomic E-state index is 0.0632. The summed E-state index contributed by atoms with van der Waals surface area (Å²) in [6.45, 7) is 0. The largest absolute Gasteiger partial charge is 0.476 e. The maximum Gasteiger partial charge on any atom is 0.357 e. The zero-order chi connectivity index (χ0) is 11.1. The molecule has 0 fully saturated rings. The number of carboxylic acids is 1. The van der Waals surface area contributed by atoms with Crippen LogP contribution in [0.4, 0.5) is 0 Å². The molecule has 0 unspecified atom stereocenters. The highest BCUT2D eigenvalue weighted by molar-refractivity contribution is 7.28. The highest BCUT2D eigenvalue weighted by atomic mass is 32.1. The summed E-state index contributed by atoms with van der Waals surface area (Å²) in [4.78, 5) is 15.4. The van der Waals surface area contributed by atoms with Gasteiger partial charge in [-0.25, -0.2) is 9.78 Å². The van der Waals surface area contributed by atoms with Crippen molar-refractivity contribution in [1.29, 1.82) is 0 Å². The first-order valence-corrected chi connectivity index (χ1v) is 6.10. The van der Waals surface area contributed by atoms with Gasteiger partial charge in [-0.1, -0.05) is 0 Å². The number of thiophene rings is 2. The summed E-state index contributed by atoms with van der Waals surface area (Å²) in [6, 6.07) is 3.98. The van der Waals surface area contributed by atoms with Crippen LogP contribution in [0.25, 0.3) is 20.2 Å². The van der Waals surface area contributed by atoms with E-state index < -0.39 is 5.97 Å². The number of nitrogens with zero attached hydrogens (tertiary/aromatic N) is 1. The average Bonchev–Trinajstić information content (AvgIpc) is 2.91. The van der Waals surface area contributed by atoms with E-state index in [1.807, 2.05) is 17.5 Å². The van der Waals surface area contributed by atoms with Crippen molar-refractivity contribution in [2.75, 3.05) is 0 Å². The molecule has 0 radical (unpaired) electrons. The summed E-state index contributed by atoms with van der Waals surface area (Å²) in [5.41, 5.74) is -0.0632. The van der Waals surface area contributed by atoms with Crippen LogP contribution in [0.5, 0.6) is 0 Å². The zero-order valence-corrected chi connectivity index (χ0v) is 9.47. The Bertz CT molecular complexity index is 636. The lowest BCUT2D eigenvalue weighted by atomic mass is 10.4. The van der Waals surface area contributed by atoms with Gasteiger partial charge in [0.1, 0.15) is 6.26 Å². The lowest BCUT2D eigenvalue weighted by Crippen LogP contribution is -1.95. The molecule has 0 aliphatic rings. The first-order valence-electron chi connectivity index (χ1n) is 4.40. The quantitative estimate of drug-likeness (QED) is 0.758. The van der Waals surface area contributed by atoms with Gasteiger partial charge in [0.25, 0.3) is 0 Å². The van der Waals surface area contributed by atoms with Crippen molar-refractivity contribution in [2.24, 2.45) is 0 Å². The van der Waals surface area contributed by atoms with Gasteiger partial charge in [0.15, 0.2) is 5.69 Å². The molecule has 6 heteroatoms. The summed E-state index contributed by atoms with van der Waals surface area (Å²) in [7, 11) is 0. The Labute approximate surface area is 97.8 Å². The van der Waals surface area contributed by atoms with Crippen molar-refractivity contribution in [1.82, 2.24) is 4.98 Å².